The zero-order valence-electron chi connectivity index (χ0n) is 22.0. The number of imide groups is 1. The lowest BCUT2D eigenvalue weighted by Crippen LogP contribution is -2.38. The van der Waals surface area contributed by atoms with Crippen molar-refractivity contribution in [2.75, 3.05) is 13.2 Å². The molecule has 2 heterocycles. The summed E-state index contributed by atoms with van der Waals surface area (Å²) in [6, 6.07) is 18.5. The first kappa shape index (κ1) is 28.7. The van der Waals surface area contributed by atoms with Crippen LogP contribution in [0.25, 0.3) is 11.3 Å². The lowest BCUT2D eigenvalue weighted by atomic mass is 9.91. The number of nitrogens with zero attached hydrogens (tertiary/aromatic N) is 2. The van der Waals surface area contributed by atoms with Crippen LogP contribution in [-0.2, 0) is 4.79 Å². The zero-order chi connectivity index (χ0) is 29.1. The first-order valence-corrected chi connectivity index (χ1v) is 14.1. The number of rotatable bonds is 10. The minimum atomic E-state index is -0.948. The quantitative estimate of drug-likeness (QED) is 0.143. The van der Waals surface area contributed by atoms with E-state index in [4.69, 9.17) is 4.74 Å². The number of H-pyrrole nitrogens is 1. The molecule has 212 valence electrons. The van der Waals surface area contributed by atoms with Gasteiger partial charge in [-0.25, -0.2) is 14.2 Å². The molecular weight excluding hydrogens is 642 g/mol. The Morgan fingerprint density at radius 3 is 2.41 bits per heavy atom. The van der Waals surface area contributed by atoms with Crippen LogP contribution in [0.2, 0.25) is 0 Å². The third-order valence-corrected chi connectivity index (χ3v) is 7.74. The van der Waals surface area contributed by atoms with Crippen LogP contribution in [0.3, 0.4) is 0 Å². The monoisotopic (exact) mass is 670 g/mol. The number of aromatic amines is 1. The maximum Gasteiger partial charge on any atom is 0.325 e. The highest BCUT2D eigenvalue weighted by Gasteiger charge is 2.46. The number of halogens is 2. The summed E-state index contributed by atoms with van der Waals surface area (Å²) < 4.78 is 21.0. The van der Waals surface area contributed by atoms with E-state index in [1.807, 2.05) is 59.8 Å². The summed E-state index contributed by atoms with van der Waals surface area (Å²) in [5.74, 6) is -0.474. The molecule has 1 aromatic heterocycles. The number of urea groups is 1. The summed E-state index contributed by atoms with van der Waals surface area (Å²) in [4.78, 5) is 36.1. The van der Waals surface area contributed by atoms with Crippen LogP contribution in [0.4, 0.5) is 9.18 Å². The fourth-order valence-electron chi connectivity index (χ4n) is 4.90. The summed E-state index contributed by atoms with van der Waals surface area (Å²) in [6.07, 6.45) is 0.738. The summed E-state index contributed by atoms with van der Waals surface area (Å²) in [5, 5.41) is 21.3. The number of carbonyl (C=O) groups is 2. The van der Waals surface area contributed by atoms with Gasteiger partial charge >= 0.3 is 6.03 Å². The number of nitrogens with one attached hydrogen (secondary N) is 2. The standard InChI is InChI=1S/C30H28FIN4O5/c1-17(18-5-3-2-4-6-18)27(28-33-14-25(34-28)23-12-9-20(32)13-24(23)31)36-29(39)26(35-30(36)40)19-7-10-21(11-8-19)41-22(15-37)16-38/h2-14,17,22,26-27,37-38H,15-16H2,1H3,(H,33,34)(H,35,40)/t17-,26-,27+/m1/s1. The number of aliphatic hydroxyl groups excluding tert-OH is 2. The summed E-state index contributed by atoms with van der Waals surface area (Å²) >= 11 is 2.04. The fourth-order valence-corrected chi connectivity index (χ4v) is 5.35. The molecule has 0 spiro atoms. The highest BCUT2D eigenvalue weighted by Crippen LogP contribution is 2.39. The van der Waals surface area contributed by atoms with Gasteiger partial charge in [0.15, 0.2) is 0 Å². The summed E-state index contributed by atoms with van der Waals surface area (Å²) in [7, 11) is 0. The first-order valence-electron chi connectivity index (χ1n) is 13.0. The minimum absolute atomic E-state index is 0.331. The predicted molar refractivity (Wildman–Crippen MR) is 157 cm³/mol. The third kappa shape index (κ3) is 5.97. The maximum atomic E-state index is 14.8. The van der Waals surface area contributed by atoms with E-state index in [-0.39, 0.29) is 19.1 Å². The van der Waals surface area contributed by atoms with Crippen molar-refractivity contribution in [1.29, 1.82) is 0 Å². The lowest BCUT2D eigenvalue weighted by molar-refractivity contribution is -0.129. The second-order valence-electron chi connectivity index (χ2n) is 9.72. The Balaban J connectivity index is 1.48. The smallest absolute Gasteiger partial charge is 0.325 e. The van der Waals surface area contributed by atoms with Gasteiger partial charge in [-0.15, -0.1) is 0 Å². The van der Waals surface area contributed by atoms with Crippen LogP contribution in [0.15, 0.2) is 79.0 Å². The molecule has 0 radical (unpaired) electrons. The van der Waals surface area contributed by atoms with E-state index in [1.165, 1.54) is 17.2 Å². The molecule has 0 saturated carbocycles. The molecule has 41 heavy (non-hydrogen) atoms. The number of aliphatic hydroxyl groups is 2. The van der Waals surface area contributed by atoms with E-state index in [0.717, 1.165) is 9.13 Å². The Hall–Kier alpha value is -3.81. The first-order chi connectivity index (χ1) is 19.8. The van der Waals surface area contributed by atoms with E-state index < -0.39 is 35.9 Å². The van der Waals surface area contributed by atoms with Crippen LogP contribution < -0.4 is 10.1 Å². The van der Waals surface area contributed by atoms with E-state index in [2.05, 4.69) is 15.3 Å². The number of ether oxygens (including phenoxy) is 1. The maximum absolute atomic E-state index is 14.8. The molecule has 1 fully saturated rings. The molecule has 9 nitrogen and oxygen atoms in total. The molecule has 1 aliphatic heterocycles. The molecule has 3 aromatic carbocycles. The molecule has 3 atom stereocenters. The molecule has 3 amide bonds. The molecule has 0 aliphatic carbocycles. The Morgan fingerprint density at radius 1 is 1.05 bits per heavy atom. The van der Waals surface area contributed by atoms with Gasteiger partial charge in [-0.2, -0.15) is 0 Å². The van der Waals surface area contributed by atoms with E-state index in [0.29, 0.717) is 28.4 Å². The van der Waals surface area contributed by atoms with Gasteiger partial charge in [-0.1, -0.05) is 49.4 Å². The van der Waals surface area contributed by atoms with Crippen molar-refractivity contribution < 1.29 is 28.9 Å². The number of hydrogen-bond acceptors (Lipinski definition) is 6. The number of carbonyl (C=O) groups excluding carboxylic acids is 2. The molecule has 0 unspecified atom stereocenters. The lowest BCUT2D eigenvalue weighted by Gasteiger charge is -2.29. The Bertz CT molecular complexity index is 1530. The molecular formula is C30H28FIN4O5. The van der Waals surface area contributed by atoms with Crippen LogP contribution in [0.1, 0.15) is 41.9 Å². The topological polar surface area (TPSA) is 128 Å². The SMILES string of the molecule is C[C@H](c1ccccc1)[C@@H](c1ncc(-c2ccc(I)cc2F)[nH]1)N1C(=O)N[C@H](c2ccc(OC(CO)CO)cc2)C1=O. The van der Waals surface area contributed by atoms with Crippen molar-refractivity contribution in [3.63, 3.8) is 0 Å². The predicted octanol–water partition coefficient (Wildman–Crippen LogP) is 4.69. The van der Waals surface area contributed by atoms with Crippen molar-refractivity contribution in [3.8, 4) is 17.0 Å². The number of aromatic nitrogens is 2. The van der Waals surface area contributed by atoms with Crippen molar-refractivity contribution in [2.24, 2.45) is 0 Å². The Kier molecular flexibility index (Phi) is 8.66. The van der Waals surface area contributed by atoms with Gasteiger partial charge in [0.25, 0.3) is 5.91 Å². The normalized spacial score (nSPS) is 16.6. The van der Waals surface area contributed by atoms with Gasteiger partial charge in [0, 0.05) is 15.1 Å². The number of imidazole rings is 1. The summed E-state index contributed by atoms with van der Waals surface area (Å²) in [5.41, 5.74) is 2.19. The van der Waals surface area contributed by atoms with Crippen molar-refractivity contribution >= 4 is 34.5 Å². The average molecular weight is 670 g/mol. The molecule has 4 N–H and O–H groups in total. The van der Waals surface area contributed by atoms with Crippen molar-refractivity contribution in [3.05, 3.63) is 105 Å². The van der Waals surface area contributed by atoms with Crippen molar-refractivity contribution in [2.45, 2.75) is 31.0 Å². The largest absolute Gasteiger partial charge is 0.486 e. The Labute approximate surface area is 249 Å². The molecule has 1 saturated heterocycles. The van der Waals surface area contributed by atoms with Gasteiger partial charge in [-0.05, 0) is 64.0 Å². The second kappa shape index (κ2) is 12.4. The number of amides is 3. The molecule has 5 rings (SSSR count). The second-order valence-corrected chi connectivity index (χ2v) is 11.0. The highest BCUT2D eigenvalue weighted by molar-refractivity contribution is 14.1. The van der Waals surface area contributed by atoms with E-state index >= 15 is 0 Å². The molecule has 4 aromatic rings. The van der Waals surface area contributed by atoms with E-state index in [1.54, 1.807) is 36.4 Å². The summed E-state index contributed by atoms with van der Waals surface area (Å²) in [6.45, 7) is 1.21. The minimum Gasteiger partial charge on any atom is -0.486 e. The van der Waals surface area contributed by atoms with Gasteiger partial charge in [0.05, 0.1) is 25.1 Å². The number of hydrogen-bond donors (Lipinski definition) is 4. The highest BCUT2D eigenvalue weighted by atomic mass is 127. The van der Waals surface area contributed by atoms with Crippen LogP contribution >= 0.6 is 22.6 Å². The third-order valence-electron chi connectivity index (χ3n) is 7.07. The van der Waals surface area contributed by atoms with Gasteiger partial charge in [0.2, 0.25) is 0 Å². The van der Waals surface area contributed by atoms with Gasteiger partial charge in [0.1, 0.15) is 35.6 Å². The average Bonchev–Trinajstić information content (AvgIpc) is 3.57. The molecule has 1 aliphatic rings. The van der Waals surface area contributed by atoms with Gasteiger partial charge < -0.3 is 25.3 Å². The number of benzene rings is 3. The van der Waals surface area contributed by atoms with Crippen LogP contribution in [0, 0.1) is 9.39 Å². The van der Waals surface area contributed by atoms with E-state index in [9.17, 15) is 24.2 Å². The fraction of sp³-hybridized carbons (Fsp3) is 0.233. The van der Waals surface area contributed by atoms with Crippen LogP contribution in [0.5, 0.6) is 5.75 Å². The Morgan fingerprint density at radius 2 is 1.76 bits per heavy atom. The van der Waals surface area contributed by atoms with Crippen molar-refractivity contribution in [1.82, 2.24) is 20.2 Å². The molecule has 0 bridgehead atoms. The molecule has 11 heteroatoms. The zero-order valence-corrected chi connectivity index (χ0v) is 24.2. The van der Waals surface area contributed by atoms with Gasteiger partial charge in [-0.3, -0.25) is 9.69 Å². The van der Waals surface area contributed by atoms with Crippen LogP contribution in [-0.4, -0.2) is 56.3 Å².